The van der Waals surface area contributed by atoms with Crippen LogP contribution in [0.2, 0.25) is 5.02 Å². The zero-order valence-electron chi connectivity index (χ0n) is 12.3. The van der Waals surface area contributed by atoms with Gasteiger partial charge in [-0.05, 0) is 31.3 Å². The van der Waals surface area contributed by atoms with Crippen molar-refractivity contribution in [1.29, 1.82) is 0 Å². The lowest BCUT2D eigenvalue weighted by atomic mass is 10.2. The van der Waals surface area contributed by atoms with Gasteiger partial charge in [-0.1, -0.05) is 23.7 Å². The number of amides is 1. The van der Waals surface area contributed by atoms with E-state index in [4.69, 9.17) is 23.8 Å². The Kier molecular flexibility index (Phi) is 3.78. The zero-order valence-corrected chi connectivity index (χ0v) is 13.8. The summed E-state index contributed by atoms with van der Waals surface area (Å²) in [5, 5.41) is 4.68. The predicted octanol–water partition coefficient (Wildman–Crippen LogP) is 2.14. The van der Waals surface area contributed by atoms with Crippen molar-refractivity contribution in [1.82, 2.24) is 19.4 Å². The molecule has 0 saturated carbocycles. The van der Waals surface area contributed by atoms with Gasteiger partial charge < -0.3 is 4.98 Å². The molecule has 0 atom stereocenters. The van der Waals surface area contributed by atoms with Gasteiger partial charge >= 0.3 is 0 Å². The molecule has 0 saturated heterocycles. The van der Waals surface area contributed by atoms with Crippen molar-refractivity contribution in [2.75, 3.05) is 5.43 Å². The normalized spacial score (nSPS) is 10.9. The highest BCUT2D eigenvalue weighted by Gasteiger charge is 2.19. The van der Waals surface area contributed by atoms with Crippen LogP contribution in [0.3, 0.4) is 0 Å². The second-order valence-electron chi connectivity index (χ2n) is 4.93. The predicted molar refractivity (Wildman–Crippen MR) is 90.0 cm³/mol. The number of hydrogen-bond donors (Lipinski definition) is 2. The standard InChI is InChI=1S/C14H12ClN5O2S/c1-7-10(15)11(17-19(7)2)12(21)18-20-13(22)8-5-3-4-6-9(8)16-14(20)23/h3-6H,1-2H3,(H,16,23)(H,18,21). The van der Waals surface area contributed by atoms with Crippen LogP contribution in [-0.4, -0.2) is 25.3 Å². The van der Waals surface area contributed by atoms with Gasteiger partial charge in [0.1, 0.15) is 0 Å². The summed E-state index contributed by atoms with van der Waals surface area (Å²) in [5.41, 5.74) is 3.28. The first-order chi connectivity index (χ1) is 10.9. The zero-order chi connectivity index (χ0) is 16.7. The minimum absolute atomic E-state index is 0.0288. The summed E-state index contributed by atoms with van der Waals surface area (Å²) in [6.45, 7) is 1.74. The van der Waals surface area contributed by atoms with E-state index in [1.54, 1.807) is 38.2 Å². The minimum atomic E-state index is -0.615. The number of aromatic nitrogens is 4. The molecule has 7 nitrogen and oxygen atoms in total. The van der Waals surface area contributed by atoms with E-state index in [0.717, 1.165) is 4.68 Å². The summed E-state index contributed by atoms with van der Waals surface area (Å²) in [6.07, 6.45) is 0. The van der Waals surface area contributed by atoms with Crippen LogP contribution in [0.4, 0.5) is 0 Å². The average molecular weight is 350 g/mol. The maximum Gasteiger partial charge on any atom is 0.292 e. The summed E-state index contributed by atoms with van der Waals surface area (Å²) < 4.78 is 2.53. The van der Waals surface area contributed by atoms with Crippen molar-refractivity contribution in [3.05, 3.63) is 55.8 Å². The fourth-order valence-corrected chi connectivity index (χ4v) is 2.63. The minimum Gasteiger partial charge on any atom is -0.330 e. The Labute approximate surface area is 140 Å². The number of aromatic amines is 1. The molecule has 3 rings (SSSR count). The third-order valence-corrected chi connectivity index (χ3v) is 4.23. The molecule has 0 unspecified atom stereocenters. The van der Waals surface area contributed by atoms with E-state index in [0.29, 0.717) is 16.6 Å². The van der Waals surface area contributed by atoms with Crippen LogP contribution >= 0.6 is 23.8 Å². The van der Waals surface area contributed by atoms with Crippen molar-refractivity contribution in [3.63, 3.8) is 0 Å². The van der Waals surface area contributed by atoms with E-state index in [1.165, 1.54) is 4.68 Å². The fourth-order valence-electron chi connectivity index (χ4n) is 2.15. The molecule has 118 valence electrons. The highest BCUT2D eigenvalue weighted by molar-refractivity contribution is 7.71. The lowest BCUT2D eigenvalue weighted by molar-refractivity contribution is 0.100. The number of rotatable bonds is 2. The topological polar surface area (TPSA) is 84.7 Å². The molecule has 0 bridgehead atoms. The lowest BCUT2D eigenvalue weighted by Gasteiger charge is -2.08. The van der Waals surface area contributed by atoms with Crippen molar-refractivity contribution in [2.24, 2.45) is 7.05 Å². The highest BCUT2D eigenvalue weighted by atomic mass is 35.5. The van der Waals surface area contributed by atoms with Gasteiger partial charge in [-0.15, -0.1) is 0 Å². The molecule has 2 heterocycles. The Morgan fingerprint density at radius 2 is 2.09 bits per heavy atom. The van der Waals surface area contributed by atoms with E-state index in [2.05, 4.69) is 15.5 Å². The molecule has 0 spiro atoms. The molecule has 2 N–H and O–H groups in total. The molecule has 23 heavy (non-hydrogen) atoms. The van der Waals surface area contributed by atoms with Crippen LogP contribution < -0.4 is 11.0 Å². The van der Waals surface area contributed by atoms with E-state index in [9.17, 15) is 9.59 Å². The second kappa shape index (κ2) is 5.64. The molecular weight excluding hydrogens is 338 g/mol. The monoisotopic (exact) mass is 349 g/mol. The summed E-state index contributed by atoms with van der Waals surface area (Å²) in [4.78, 5) is 27.7. The number of fused-ring (bicyclic) bond motifs is 1. The fraction of sp³-hybridized carbons (Fsp3) is 0.143. The van der Waals surface area contributed by atoms with Crippen LogP contribution in [0.5, 0.6) is 0 Å². The van der Waals surface area contributed by atoms with Gasteiger partial charge in [0, 0.05) is 7.05 Å². The number of hydrogen-bond acceptors (Lipinski definition) is 4. The molecule has 1 aromatic carbocycles. The van der Waals surface area contributed by atoms with E-state index in [-0.39, 0.29) is 15.5 Å². The quantitative estimate of drug-likeness (QED) is 0.694. The van der Waals surface area contributed by atoms with Gasteiger partial charge in [0.15, 0.2) is 10.5 Å². The Hall–Kier alpha value is -2.45. The van der Waals surface area contributed by atoms with Crippen molar-refractivity contribution >= 4 is 40.6 Å². The van der Waals surface area contributed by atoms with Crippen molar-refractivity contribution in [3.8, 4) is 0 Å². The van der Waals surface area contributed by atoms with Gasteiger partial charge in [-0.2, -0.15) is 9.77 Å². The highest BCUT2D eigenvalue weighted by Crippen LogP contribution is 2.19. The number of aryl methyl sites for hydroxylation is 1. The van der Waals surface area contributed by atoms with E-state index < -0.39 is 11.5 Å². The molecule has 3 aromatic rings. The van der Waals surface area contributed by atoms with Crippen LogP contribution in [0.15, 0.2) is 29.1 Å². The van der Waals surface area contributed by atoms with Crippen LogP contribution in [0, 0.1) is 11.7 Å². The smallest absolute Gasteiger partial charge is 0.292 e. The van der Waals surface area contributed by atoms with Gasteiger partial charge in [0.2, 0.25) is 0 Å². The summed E-state index contributed by atoms with van der Waals surface area (Å²) in [5.74, 6) is -0.615. The maximum atomic E-state index is 12.5. The van der Waals surface area contributed by atoms with Gasteiger partial charge in [0.25, 0.3) is 11.5 Å². The second-order valence-corrected chi connectivity index (χ2v) is 5.69. The Balaban J connectivity index is 2.08. The van der Waals surface area contributed by atoms with E-state index >= 15 is 0 Å². The SMILES string of the molecule is Cc1c(Cl)c(C(=O)Nn2c(=S)[nH]c3ccccc3c2=O)nn1C. The molecule has 0 aliphatic heterocycles. The molecule has 0 fully saturated rings. The summed E-state index contributed by atoms with van der Waals surface area (Å²) in [7, 11) is 1.67. The number of nitrogens with zero attached hydrogens (tertiary/aromatic N) is 3. The Morgan fingerprint density at radius 3 is 2.74 bits per heavy atom. The molecule has 2 aromatic heterocycles. The van der Waals surface area contributed by atoms with E-state index in [1.807, 2.05) is 0 Å². The third-order valence-electron chi connectivity index (χ3n) is 3.49. The first kappa shape index (κ1) is 15.4. The summed E-state index contributed by atoms with van der Waals surface area (Å²) >= 11 is 11.2. The van der Waals surface area contributed by atoms with Crippen LogP contribution in [-0.2, 0) is 7.05 Å². The molecule has 0 radical (unpaired) electrons. The number of carbonyl (C=O) groups is 1. The molecule has 0 aliphatic rings. The Bertz CT molecular complexity index is 1050. The molecule has 1 amide bonds. The molecule has 9 heteroatoms. The number of carbonyl (C=O) groups excluding carboxylic acids is 1. The number of benzene rings is 1. The number of H-pyrrole nitrogens is 1. The first-order valence-electron chi connectivity index (χ1n) is 6.64. The van der Waals surface area contributed by atoms with Gasteiger partial charge in [-0.25, -0.2) is 0 Å². The Morgan fingerprint density at radius 1 is 1.39 bits per heavy atom. The average Bonchev–Trinajstić information content (AvgIpc) is 2.79. The van der Waals surface area contributed by atoms with Crippen molar-refractivity contribution < 1.29 is 4.79 Å². The summed E-state index contributed by atoms with van der Waals surface area (Å²) in [6, 6.07) is 6.89. The third kappa shape index (κ3) is 2.55. The maximum absolute atomic E-state index is 12.5. The van der Waals surface area contributed by atoms with Crippen LogP contribution in [0.1, 0.15) is 16.2 Å². The van der Waals surface area contributed by atoms with Crippen LogP contribution in [0.25, 0.3) is 10.9 Å². The number of para-hydroxylation sites is 1. The van der Waals surface area contributed by atoms with Gasteiger partial charge in [-0.3, -0.25) is 19.7 Å². The van der Waals surface area contributed by atoms with Gasteiger partial charge in [0.05, 0.1) is 21.6 Å². The number of nitrogens with one attached hydrogen (secondary N) is 2. The first-order valence-corrected chi connectivity index (χ1v) is 7.43. The molecule has 0 aliphatic carbocycles. The largest absolute Gasteiger partial charge is 0.330 e. The lowest BCUT2D eigenvalue weighted by Crippen LogP contribution is -2.34. The number of halogens is 1. The van der Waals surface area contributed by atoms with Crippen molar-refractivity contribution in [2.45, 2.75) is 6.92 Å². The molecular formula is C14H12ClN5O2S.